The van der Waals surface area contributed by atoms with Crippen LogP contribution in [-0.4, -0.2) is 57.7 Å². The first-order valence-electron chi connectivity index (χ1n) is 5.18. The molecule has 0 rings (SSSR count). The van der Waals surface area contributed by atoms with Gasteiger partial charge in [-0.25, -0.2) is 13.2 Å². The van der Waals surface area contributed by atoms with Crippen molar-refractivity contribution < 1.29 is 61.5 Å². The van der Waals surface area contributed by atoms with E-state index in [1.165, 1.54) is 0 Å². The van der Waals surface area contributed by atoms with Crippen LogP contribution < -0.4 is 29.6 Å². The van der Waals surface area contributed by atoms with Crippen molar-refractivity contribution >= 4 is 16.1 Å². The maximum Gasteiger partial charge on any atom is 1.00 e. The molecule has 0 aliphatic rings. The van der Waals surface area contributed by atoms with Gasteiger partial charge in [0.2, 0.25) is 0 Å². The van der Waals surface area contributed by atoms with Crippen LogP contribution in [0.4, 0.5) is 0 Å². The van der Waals surface area contributed by atoms with Crippen molar-refractivity contribution in [2.75, 3.05) is 38.8 Å². The van der Waals surface area contributed by atoms with Gasteiger partial charge in [-0.2, -0.15) is 0 Å². The molecule has 0 atom stereocenters. The Morgan fingerprint density at radius 1 is 1.11 bits per heavy atom. The van der Waals surface area contributed by atoms with Crippen LogP contribution in [0.25, 0.3) is 0 Å². The first-order valence-corrected chi connectivity index (χ1v) is 6.76. The zero-order valence-corrected chi connectivity index (χ0v) is 13.6. The summed E-state index contributed by atoms with van der Waals surface area (Å²) >= 11 is 0. The Bertz CT molecular complexity index is 374. The molecular weight excluding hydrogens is 287 g/mol. The minimum absolute atomic E-state index is 0. The Labute approximate surface area is 135 Å². The van der Waals surface area contributed by atoms with Gasteiger partial charge in [0.25, 0.3) is 0 Å². The zero-order valence-electron chi connectivity index (χ0n) is 10.8. The molecule has 9 heteroatoms. The Morgan fingerprint density at radius 3 is 2.16 bits per heavy atom. The Hall–Kier alpha value is -0.140. The predicted molar refractivity (Wildman–Crippen MR) is 60.6 cm³/mol. The van der Waals surface area contributed by atoms with Gasteiger partial charge in [-0.05, 0) is 6.42 Å². The summed E-state index contributed by atoms with van der Waals surface area (Å²) in [5.74, 6) is 0.610. The third-order valence-corrected chi connectivity index (χ3v) is 2.42. The number of terminal acetylenes is 1. The fourth-order valence-corrected chi connectivity index (χ4v) is 1.37. The van der Waals surface area contributed by atoms with Crippen molar-refractivity contribution in [1.29, 1.82) is 0 Å². The van der Waals surface area contributed by atoms with Gasteiger partial charge in [0, 0.05) is 18.3 Å². The molecule has 0 bridgehead atoms. The normalized spacial score (nSPS) is 10.3. The standard InChI is InChI=1S/C10H16O7S.Na/c1-2-10(11)17-8-7-16-6-5-15-4-3-9-18(12,13)14;/h1H,3-9H2,(H,12,13,14);/q;+1/p-1. The van der Waals surface area contributed by atoms with E-state index < -0.39 is 21.8 Å². The second kappa shape index (κ2) is 12.9. The van der Waals surface area contributed by atoms with Crippen LogP contribution in [-0.2, 0) is 29.1 Å². The van der Waals surface area contributed by atoms with E-state index in [0.717, 1.165) is 0 Å². The van der Waals surface area contributed by atoms with Crippen LogP contribution in [0.15, 0.2) is 0 Å². The monoisotopic (exact) mass is 302 g/mol. The van der Waals surface area contributed by atoms with Gasteiger partial charge in [-0.15, -0.1) is 6.42 Å². The van der Waals surface area contributed by atoms with E-state index >= 15 is 0 Å². The Balaban J connectivity index is 0. The molecule has 0 aliphatic heterocycles. The summed E-state index contributed by atoms with van der Waals surface area (Å²) < 4.78 is 45.2. The molecule has 0 unspecified atom stereocenters. The molecule has 0 aliphatic carbocycles. The van der Waals surface area contributed by atoms with Gasteiger partial charge >= 0.3 is 35.5 Å². The van der Waals surface area contributed by atoms with Crippen LogP contribution in [0.3, 0.4) is 0 Å². The summed E-state index contributed by atoms with van der Waals surface area (Å²) in [6, 6.07) is 0. The van der Waals surface area contributed by atoms with Crippen molar-refractivity contribution in [2.24, 2.45) is 0 Å². The molecule has 0 spiro atoms. The van der Waals surface area contributed by atoms with E-state index in [9.17, 15) is 17.8 Å². The number of hydrogen-bond donors (Lipinski definition) is 0. The molecular formula is C10H15NaO7S. The van der Waals surface area contributed by atoms with E-state index in [-0.39, 0.29) is 69.0 Å². The van der Waals surface area contributed by atoms with Crippen molar-refractivity contribution in [2.45, 2.75) is 6.42 Å². The van der Waals surface area contributed by atoms with E-state index in [1.807, 2.05) is 0 Å². The van der Waals surface area contributed by atoms with Crippen molar-refractivity contribution in [1.82, 2.24) is 0 Å². The molecule has 0 aromatic carbocycles. The number of esters is 1. The summed E-state index contributed by atoms with van der Waals surface area (Å²) in [7, 11) is -4.17. The Morgan fingerprint density at radius 2 is 1.63 bits per heavy atom. The molecule has 0 fully saturated rings. The molecule has 0 N–H and O–H groups in total. The first kappa shape index (κ1) is 21.2. The van der Waals surface area contributed by atoms with Gasteiger partial charge in [0.1, 0.15) is 6.61 Å². The summed E-state index contributed by atoms with van der Waals surface area (Å²) in [6.07, 6.45) is 4.92. The predicted octanol–water partition coefficient (Wildman–Crippen LogP) is -3.86. The molecule has 0 aromatic heterocycles. The fraction of sp³-hybridized carbons (Fsp3) is 0.700. The minimum atomic E-state index is -4.17. The molecule has 0 heterocycles. The molecule has 104 valence electrons. The number of carbonyl (C=O) groups is 1. The number of rotatable bonds is 10. The zero-order chi connectivity index (χ0) is 13.9. The minimum Gasteiger partial charge on any atom is -0.748 e. The van der Waals surface area contributed by atoms with E-state index in [0.29, 0.717) is 0 Å². The molecule has 0 saturated heterocycles. The molecule has 0 aromatic rings. The second-order valence-corrected chi connectivity index (χ2v) is 4.64. The molecule has 7 nitrogen and oxygen atoms in total. The second-order valence-electron chi connectivity index (χ2n) is 3.12. The van der Waals surface area contributed by atoms with Crippen LogP contribution in [0.1, 0.15) is 6.42 Å². The first-order chi connectivity index (χ1) is 8.45. The van der Waals surface area contributed by atoms with E-state index in [1.54, 1.807) is 5.92 Å². The SMILES string of the molecule is C#CC(=O)OCCOCCOCCCS(=O)(=O)[O-].[Na+]. The van der Waals surface area contributed by atoms with Gasteiger partial charge in [0.15, 0.2) is 0 Å². The summed E-state index contributed by atoms with van der Waals surface area (Å²) in [5, 5.41) is 0. The van der Waals surface area contributed by atoms with Gasteiger partial charge in [-0.1, -0.05) is 0 Å². The van der Waals surface area contributed by atoms with Crippen molar-refractivity contribution in [3.8, 4) is 12.3 Å². The van der Waals surface area contributed by atoms with Gasteiger partial charge < -0.3 is 18.8 Å². The maximum atomic E-state index is 10.5. The molecule has 0 radical (unpaired) electrons. The van der Waals surface area contributed by atoms with Crippen LogP contribution in [0.5, 0.6) is 0 Å². The van der Waals surface area contributed by atoms with E-state index in [2.05, 4.69) is 4.74 Å². The van der Waals surface area contributed by atoms with Crippen molar-refractivity contribution in [3.05, 3.63) is 0 Å². The molecule has 19 heavy (non-hydrogen) atoms. The van der Waals surface area contributed by atoms with E-state index in [4.69, 9.17) is 15.9 Å². The average molecular weight is 302 g/mol. The molecule has 0 amide bonds. The third-order valence-electron chi connectivity index (χ3n) is 1.63. The average Bonchev–Trinajstić information content (AvgIpc) is 2.29. The quantitative estimate of drug-likeness (QED) is 0.102. The topological polar surface area (TPSA) is 102 Å². The van der Waals surface area contributed by atoms with Crippen LogP contribution in [0.2, 0.25) is 0 Å². The summed E-state index contributed by atoms with van der Waals surface area (Å²) in [6.45, 7) is 0.986. The number of ether oxygens (including phenoxy) is 3. The van der Waals surface area contributed by atoms with Crippen LogP contribution >= 0.6 is 0 Å². The fourth-order valence-electron chi connectivity index (χ4n) is 0.895. The largest absolute Gasteiger partial charge is 1.00 e. The van der Waals surface area contributed by atoms with Gasteiger partial charge in [0.05, 0.1) is 29.9 Å². The number of hydrogen-bond acceptors (Lipinski definition) is 7. The maximum absolute atomic E-state index is 10.5. The third kappa shape index (κ3) is 17.9. The number of carbonyl (C=O) groups excluding carboxylic acids is 1. The Kier molecular flexibility index (Phi) is 14.3. The van der Waals surface area contributed by atoms with Crippen LogP contribution in [0, 0.1) is 12.3 Å². The molecule has 0 saturated carbocycles. The summed E-state index contributed by atoms with van der Waals surface area (Å²) in [5.41, 5.74) is 0. The van der Waals surface area contributed by atoms with Gasteiger partial charge in [-0.3, -0.25) is 0 Å². The van der Waals surface area contributed by atoms with Crippen molar-refractivity contribution in [3.63, 3.8) is 0 Å². The smallest absolute Gasteiger partial charge is 0.748 e. The summed E-state index contributed by atoms with van der Waals surface area (Å²) in [4.78, 5) is 10.5.